The molecule has 0 saturated heterocycles. The predicted octanol–water partition coefficient (Wildman–Crippen LogP) is 3.93. The maximum atomic E-state index is 9.38. The summed E-state index contributed by atoms with van der Waals surface area (Å²) in [5.74, 6) is 0. The first-order valence-corrected chi connectivity index (χ1v) is 7.64. The van der Waals surface area contributed by atoms with Gasteiger partial charge in [0.15, 0.2) is 0 Å². The monoisotopic (exact) mass is 301 g/mol. The first-order valence-electron chi connectivity index (χ1n) is 7.64. The highest BCUT2D eigenvalue weighted by molar-refractivity contribution is 6.10. The van der Waals surface area contributed by atoms with E-state index in [9.17, 15) is 5.26 Å². The van der Waals surface area contributed by atoms with Gasteiger partial charge in [-0.15, -0.1) is 0 Å². The molecule has 0 spiro atoms. The maximum Gasteiger partial charge on any atom is 0.144 e. The topological polar surface area (TPSA) is 81.2 Å². The molecule has 5 nitrogen and oxygen atoms in total. The van der Waals surface area contributed by atoms with E-state index >= 15 is 0 Å². The number of hydrogen-bond donors (Lipinski definition) is 2. The van der Waals surface area contributed by atoms with Crippen LogP contribution in [-0.2, 0) is 6.42 Å². The zero-order valence-electron chi connectivity index (χ0n) is 12.7. The zero-order chi connectivity index (χ0) is 15.8. The van der Waals surface area contributed by atoms with Crippen molar-refractivity contribution in [1.29, 1.82) is 5.26 Å². The molecule has 0 saturated carbocycles. The van der Waals surface area contributed by atoms with Gasteiger partial charge < -0.3 is 4.98 Å². The minimum atomic E-state index is 0.522. The Kier molecular flexibility index (Phi) is 3.09. The van der Waals surface area contributed by atoms with Gasteiger partial charge in [0.1, 0.15) is 11.8 Å². The van der Waals surface area contributed by atoms with Crippen molar-refractivity contribution in [3.05, 3.63) is 48.0 Å². The lowest BCUT2D eigenvalue weighted by Gasteiger charge is -2.05. The number of benzene rings is 1. The third-order valence-electron chi connectivity index (χ3n) is 4.18. The number of nitriles is 1. The summed E-state index contributed by atoms with van der Waals surface area (Å²) in [7, 11) is 0. The lowest BCUT2D eigenvalue weighted by atomic mass is 10.00. The van der Waals surface area contributed by atoms with Crippen molar-refractivity contribution >= 4 is 21.8 Å². The number of nitrogens with one attached hydrogen (secondary N) is 2. The number of H-pyrrole nitrogens is 2. The van der Waals surface area contributed by atoms with Crippen LogP contribution in [0.25, 0.3) is 32.9 Å². The van der Waals surface area contributed by atoms with Gasteiger partial charge in [-0.1, -0.05) is 19.4 Å². The van der Waals surface area contributed by atoms with E-state index in [0.29, 0.717) is 5.69 Å². The van der Waals surface area contributed by atoms with Crippen LogP contribution in [0.2, 0.25) is 0 Å². The molecule has 0 fully saturated rings. The van der Waals surface area contributed by atoms with Gasteiger partial charge in [-0.25, -0.2) is 4.98 Å². The molecule has 3 heterocycles. The van der Waals surface area contributed by atoms with Crippen LogP contribution in [0.4, 0.5) is 0 Å². The lowest BCUT2D eigenvalue weighted by Crippen LogP contribution is -1.94. The van der Waals surface area contributed by atoms with E-state index in [1.807, 2.05) is 12.4 Å². The quantitative estimate of drug-likeness (QED) is 0.601. The highest BCUT2D eigenvalue weighted by atomic mass is 15.1. The van der Waals surface area contributed by atoms with Crippen LogP contribution >= 0.6 is 0 Å². The van der Waals surface area contributed by atoms with Crippen LogP contribution in [0.5, 0.6) is 0 Å². The fourth-order valence-corrected chi connectivity index (χ4v) is 3.14. The van der Waals surface area contributed by atoms with Gasteiger partial charge in [0.05, 0.1) is 17.9 Å². The lowest BCUT2D eigenvalue weighted by molar-refractivity contribution is 0.918. The molecule has 1 aromatic carbocycles. The summed E-state index contributed by atoms with van der Waals surface area (Å²) in [6, 6.07) is 8.52. The second-order valence-corrected chi connectivity index (χ2v) is 5.61. The SMILES string of the molecule is CCCc1c(C#N)ncc2[nH]c3ccc(-c4cn[nH]c4)cc3c12. The predicted molar refractivity (Wildman–Crippen MR) is 89.9 cm³/mol. The third kappa shape index (κ3) is 2.08. The number of nitrogens with zero attached hydrogens (tertiary/aromatic N) is 3. The van der Waals surface area contributed by atoms with Crippen molar-refractivity contribution in [2.75, 3.05) is 0 Å². The van der Waals surface area contributed by atoms with E-state index in [-0.39, 0.29) is 0 Å². The van der Waals surface area contributed by atoms with Gasteiger partial charge in [0, 0.05) is 28.0 Å². The van der Waals surface area contributed by atoms with E-state index < -0.39 is 0 Å². The van der Waals surface area contributed by atoms with E-state index in [2.05, 4.69) is 51.4 Å². The van der Waals surface area contributed by atoms with Gasteiger partial charge in [-0.2, -0.15) is 10.4 Å². The number of aromatic amines is 2. The van der Waals surface area contributed by atoms with Gasteiger partial charge in [0.2, 0.25) is 0 Å². The van der Waals surface area contributed by atoms with Crippen molar-refractivity contribution in [2.45, 2.75) is 19.8 Å². The van der Waals surface area contributed by atoms with Crippen LogP contribution in [0.1, 0.15) is 24.6 Å². The zero-order valence-corrected chi connectivity index (χ0v) is 12.7. The van der Waals surface area contributed by atoms with Gasteiger partial charge in [0.25, 0.3) is 0 Å². The Morgan fingerprint density at radius 3 is 2.83 bits per heavy atom. The molecule has 5 heteroatoms. The van der Waals surface area contributed by atoms with Crippen LogP contribution in [-0.4, -0.2) is 20.2 Å². The van der Waals surface area contributed by atoms with Crippen molar-refractivity contribution in [3.8, 4) is 17.2 Å². The molecular formula is C18H15N5. The molecule has 0 atom stereocenters. The highest BCUT2D eigenvalue weighted by Crippen LogP contribution is 2.33. The molecule has 0 aliphatic rings. The number of fused-ring (bicyclic) bond motifs is 3. The second kappa shape index (κ2) is 5.25. The molecular weight excluding hydrogens is 286 g/mol. The summed E-state index contributed by atoms with van der Waals surface area (Å²) < 4.78 is 0. The van der Waals surface area contributed by atoms with E-state index in [4.69, 9.17) is 0 Å². The smallest absolute Gasteiger partial charge is 0.144 e. The summed E-state index contributed by atoms with van der Waals surface area (Å²) in [5.41, 5.74) is 5.74. The summed E-state index contributed by atoms with van der Waals surface area (Å²) >= 11 is 0. The normalized spacial score (nSPS) is 11.1. The average Bonchev–Trinajstić information content (AvgIpc) is 3.22. The van der Waals surface area contributed by atoms with E-state index in [0.717, 1.165) is 51.3 Å². The van der Waals surface area contributed by atoms with E-state index in [1.54, 1.807) is 6.20 Å². The molecule has 2 N–H and O–H groups in total. The number of aryl methyl sites for hydroxylation is 1. The average molecular weight is 301 g/mol. The second-order valence-electron chi connectivity index (χ2n) is 5.61. The Morgan fingerprint density at radius 1 is 1.17 bits per heavy atom. The van der Waals surface area contributed by atoms with Crippen LogP contribution in [0, 0.1) is 11.3 Å². The van der Waals surface area contributed by atoms with Gasteiger partial charge in [-0.05, 0) is 29.7 Å². The van der Waals surface area contributed by atoms with Crippen molar-refractivity contribution < 1.29 is 0 Å². The minimum absolute atomic E-state index is 0.522. The molecule has 23 heavy (non-hydrogen) atoms. The molecule has 4 rings (SSSR count). The summed E-state index contributed by atoms with van der Waals surface area (Å²) in [5, 5.41) is 18.5. The first kappa shape index (κ1) is 13.5. The van der Waals surface area contributed by atoms with Crippen LogP contribution in [0.15, 0.2) is 36.8 Å². The first-order chi connectivity index (χ1) is 11.3. The molecule has 4 aromatic rings. The summed E-state index contributed by atoms with van der Waals surface area (Å²) in [6.07, 6.45) is 7.26. The van der Waals surface area contributed by atoms with Crippen LogP contribution < -0.4 is 0 Å². The molecule has 0 aliphatic carbocycles. The Balaban J connectivity index is 2.07. The number of rotatable bonds is 3. The summed E-state index contributed by atoms with van der Waals surface area (Å²) in [4.78, 5) is 7.71. The Hall–Kier alpha value is -3.13. The maximum absolute atomic E-state index is 9.38. The number of aromatic nitrogens is 4. The highest BCUT2D eigenvalue weighted by Gasteiger charge is 2.14. The molecule has 0 amide bonds. The molecule has 0 radical (unpaired) electrons. The Morgan fingerprint density at radius 2 is 2.09 bits per heavy atom. The summed E-state index contributed by atoms with van der Waals surface area (Å²) in [6.45, 7) is 2.12. The Bertz CT molecular complexity index is 1030. The standard InChI is InChI=1S/C18H15N5/c1-2-3-13-16(7-19)20-10-17-18(13)14-6-11(4-5-15(14)23-17)12-8-21-22-9-12/h4-6,8-10,23H,2-3H2,1H3,(H,21,22). The fraction of sp³-hybridized carbons (Fsp3) is 0.167. The number of pyridine rings is 1. The van der Waals surface area contributed by atoms with Crippen LogP contribution in [0.3, 0.4) is 0 Å². The minimum Gasteiger partial charge on any atom is -0.353 e. The van der Waals surface area contributed by atoms with Gasteiger partial charge >= 0.3 is 0 Å². The van der Waals surface area contributed by atoms with Crippen molar-refractivity contribution in [1.82, 2.24) is 20.2 Å². The van der Waals surface area contributed by atoms with Gasteiger partial charge in [-0.3, -0.25) is 5.10 Å². The fourth-order valence-electron chi connectivity index (χ4n) is 3.14. The van der Waals surface area contributed by atoms with Crippen molar-refractivity contribution in [2.24, 2.45) is 0 Å². The third-order valence-corrected chi connectivity index (χ3v) is 4.18. The largest absolute Gasteiger partial charge is 0.353 e. The Labute approximate surface area is 133 Å². The molecule has 0 unspecified atom stereocenters. The molecule has 0 bridgehead atoms. The van der Waals surface area contributed by atoms with Crippen molar-refractivity contribution in [3.63, 3.8) is 0 Å². The number of hydrogen-bond acceptors (Lipinski definition) is 3. The molecule has 112 valence electrons. The van der Waals surface area contributed by atoms with E-state index in [1.165, 1.54) is 0 Å². The molecule has 0 aliphatic heterocycles. The molecule has 3 aromatic heterocycles.